The zero-order valence-corrected chi connectivity index (χ0v) is 10.5. The second-order valence-corrected chi connectivity index (χ2v) is 4.64. The first-order valence-corrected chi connectivity index (χ1v) is 6.52. The fourth-order valence-electron chi connectivity index (χ4n) is 2.28. The van der Waals surface area contributed by atoms with E-state index in [1.54, 1.807) is 6.20 Å². The summed E-state index contributed by atoms with van der Waals surface area (Å²) in [6, 6.07) is 1.82. The van der Waals surface area contributed by atoms with E-state index in [2.05, 4.69) is 15.3 Å². The Kier molecular flexibility index (Phi) is 4.59. The number of anilines is 1. The van der Waals surface area contributed by atoms with E-state index >= 15 is 0 Å². The largest absolute Gasteiger partial charge is 0.477 e. The van der Waals surface area contributed by atoms with E-state index in [0.29, 0.717) is 17.7 Å². The number of ether oxygens (including phenoxy) is 1. The van der Waals surface area contributed by atoms with Crippen molar-refractivity contribution in [3.8, 4) is 5.88 Å². The maximum absolute atomic E-state index is 5.75. The molecule has 1 N–H and O–H groups in total. The molecule has 4 nitrogen and oxygen atoms in total. The zero-order valence-electron chi connectivity index (χ0n) is 10.5. The lowest BCUT2D eigenvalue weighted by Gasteiger charge is -2.14. The van der Waals surface area contributed by atoms with Gasteiger partial charge in [-0.1, -0.05) is 25.7 Å². The Morgan fingerprint density at radius 1 is 1.29 bits per heavy atom. The van der Waals surface area contributed by atoms with Crippen molar-refractivity contribution in [3.63, 3.8) is 0 Å². The van der Waals surface area contributed by atoms with E-state index < -0.39 is 0 Å². The molecule has 1 fully saturated rings. The summed E-state index contributed by atoms with van der Waals surface area (Å²) in [6.45, 7) is 0.792. The van der Waals surface area contributed by atoms with Gasteiger partial charge in [0.15, 0.2) is 0 Å². The quantitative estimate of drug-likeness (QED) is 0.815. The monoisotopic (exact) mass is 235 g/mol. The third kappa shape index (κ3) is 3.88. The van der Waals surface area contributed by atoms with Gasteiger partial charge in [-0.25, -0.2) is 4.98 Å². The molecular weight excluding hydrogens is 214 g/mol. The molecule has 1 heterocycles. The number of hydrogen-bond acceptors (Lipinski definition) is 4. The molecule has 1 aromatic heterocycles. The molecule has 0 radical (unpaired) electrons. The summed E-state index contributed by atoms with van der Waals surface area (Å²) in [5, 5.41) is 2.91. The van der Waals surface area contributed by atoms with Gasteiger partial charge in [0, 0.05) is 19.3 Å². The lowest BCUT2D eigenvalue weighted by atomic mass is 10.0. The summed E-state index contributed by atoms with van der Waals surface area (Å²) in [5.74, 6) is 1.99. The summed E-state index contributed by atoms with van der Waals surface area (Å²) < 4.78 is 5.75. The van der Waals surface area contributed by atoms with Crippen LogP contribution < -0.4 is 10.1 Å². The standard InChI is InChI=1S/C13H21N3O/c1-14-13-15-9-8-12(16-13)17-10-11-6-4-2-3-5-7-11/h8-9,11H,2-7,10H2,1H3,(H,14,15,16). The molecule has 17 heavy (non-hydrogen) atoms. The second kappa shape index (κ2) is 6.42. The molecule has 1 aliphatic rings. The maximum Gasteiger partial charge on any atom is 0.225 e. The van der Waals surface area contributed by atoms with Gasteiger partial charge < -0.3 is 10.1 Å². The average molecular weight is 235 g/mol. The maximum atomic E-state index is 5.75. The molecular formula is C13H21N3O. The van der Waals surface area contributed by atoms with Gasteiger partial charge in [0.2, 0.25) is 11.8 Å². The Bertz CT molecular complexity index is 335. The summed E-state index contributed by atoms with van der Waals surface area (Å²) >= 11 is 0. The fraction of sp³-hybridized carbons (Fsp3) is 0.692. The van der Waals surface area contributed by atoms with Gasteiger partial charge >= 0.3 is 0 Å². The van der Waals surface area contributed by atoms with Gasteiger partial charge in [-0.15, -0.1) is 0 Å². The fourth-order valence-corrected chi connectivity index (χ4v) is 2.28. The Hall–Kier alpha value is -1.32. The van der Waals surface area contributed by atoms with Crippen molar-refractivity contribution in [2.75, 3.05) is 19.0 Å². The van der Waals surface area contributed by atoms with Crippen LogP contribution in [0.3, 0.4) is 0 Å². The highest BCUT2D eigenvalue weighted by molar-refractivity contribution is 5.25. The second-order valence-electron chi connectivity index (χ2n) is 4.64. The van der Waals surface area contributed by atoms with Gasteiger partial charge in [-0.05, 0) is 18.8 Å². The van der Waals surface area contributed by atoms with Crippen LogP contribution in [0.1, 0.15) is 38.5 Å². The van der Waals surface area contributed by atoms with Crippen LogP contribution in [0.15, 0.2) is 12.3 Å². The molecule has 0 spiro atoms. The Morgan fingerprint density at radius 3 is 2.76 bits per heavy atom. The number of aromatic nitrogens is 2. The lowest BCUT2D eigenvalue weighted by Crippen LogP contribution is -2.12. The van der Waals surface area contributed by atoms with Crippen LogP contribution in [-0.4, -0.2) is 23.6 Å². The SMILES string of the molecule is CNc1nccc(OCC2CCCCCC2)n1. The van der Waals surface area contributed by atoms with Crippen LogP contribution in [0, 0.1) is 5.92 Å². The Balaban J connectivity index is 1.83. The zero-order chi connectivity index (χ0) is 11.9. The van der Waals surface area contributed by atoms with Crippen molar-refractivity contribution in [1.29, 1.82) is 0 Å². The highest BCUT2D eigenvalue weighted by Gasteiger charge is 2.13. The minimum Gasteiger partial charge on any atom is -0.477 e. The molecule has 0 saturated heterocycles. The Morgan fingerprint density at radius 2 is 2.06 bits per heavy atom. The normalized spacial score (nSPS) is 17.5. The minimum absolute atomic E-state index is 0.614. The van der Waals surface area contributed by atoms with Gasteiger partial charge in [0.1, 0.15) is 0 Å². The number of nitrogens with zero attached hydrogens (tertiary/aromatic N) is 2. The van der Waals surface area contributed by atoms with Gasteiger partial charge in [0.25, 0.3) is 0 Å². The third-order valence-corrected chi connectivity index (χ3v) is 3.30. The van der Waals surface area contributed by atoms with E-state index in [-0.39, 0.29) is 0 Å². The van der Waals surface area contributed by atoms with E-state index in [1.165, 1.54) is 38.5 Å². The molecule has 0 amide bonds. The van der Waals surface area contributed by atoms with E-state index in [9.17, 15) is 0 Å². The Labute approximate surface area is 103 Å². The van der Waals surface area contributed by atoms with Crippen molar-refractivity contribution >= 4 is 5.95 Å². The summed E-state index contributed by atoms with van der Waals surface area (Å²) in [6.07, 6.45) is 9.77. The van der Waals surface area contributed by atoms with Crippen LogP contribution in [0.25, 0.3) is 0 Å². The highest BCUT2D eigenvalue weighted by Crippen LogP contribution is 2.23. The molecule has 1 aliphatic carbocycles. The molecule has 1 aromatic rings. The van der Waals surface area contributed by atoms with Crippen molar-refractivity contribution in [2.45, 2.75) is 38.5 Å². The molecule has 0 aliphatic heterocycles. The summed E-state index contributed by atoms with van der Waals surface area (Å²) in [7, 11) is 1.81. The molecule has 94 valence electrons. The molecule has 4 heteroatoms. The van der Waals surface area contributed by atoms with Crippen LogP contribution in [0.4, 0.5) is 5.95 Å². The molecule has 0 bridgehead atoms. The van der Waals surface area contributed by atoms with Crippen LogP contribution in [0.2, 0.25) is 0 Å². The molecule has 1 saturated carbocycles. The first kappa shape index (κ1) is 12.1. The van der Waals surface area contributed by atoms with Crippen LogP contribution >= 0.6 is 0 Å². The van der Waals surface area contributed by atoms with Gasteiger partial charge in [-0.2, -0.15) is 4.98 Å². The number of rotatable bonds is 4. The first-order valence-electron chi connectivity index (χ1n) is 6.52. The highest BCUT2D eigenvalue weighted by atomic mass is 16.5. The van der Waals surface area contributed by atoms with Gasteiger partial charge in [0.05, 0.1) is 6.61 Å². The van der Waals surface area contributed by atoms with Crippen LogP contribution in [0.5, 0.6) is 5.88 Å². The molecule has 0 unspecified atom stereocenters. The number of nitrogens with one attached hydrogen (secondary N) is 1. The topological polar surface area (TPSA) is 47.0 Å². The lowest BCUT2D eigenvalue weighted by molar-refractivity contribution is 0.226. The van der Waals surface area contributed by atoms with Crippen LogP contribution in [-0.2, 0) is 0 Å². The average Bonchev–Trinajstić information content (AvgIpc) is 2.65. The van der Waals surface area contributed by atoms with E-state index in [4.69, 9.17) is 4.74 Å². The van der Waals surface area contributed by atoms with Gasteiger partial charge in [-0.3, -0.25) is 0 Å². The van der Waals surface area contributed by atoms with Crippen molar-refractivity contribution in [2.24, 2.45) is 5.92 Å². The van der Waals surface area contributed by atoms with E-state index in [1.807, 2.05) is 13.1 Å². The van der Waals surface area contributed by atoms with Crippen molar-refractivity contribution in [3.05, 3.63) is 12.3 Å². The molecule has 0 atom stereocenters. The summed E-state index contributed by atoms with van der Waals surface area (Å²) in [4.78, 5) is 8.32. The smallest absolute Gasteiger partial charge is 0.225 e. The first-order chi connectivity index (χ1) is 8.38. The summed E-state index contributed by atoms with van der Waals surface area (Å²) in [5.41, 5.74) is 0. The third-order valence-electron chi connectivity index (χ3n) is 3.30. The number of hydrogen-bond donors (Lipinski definition) is 1. The predicted molar refractivity (Wildman–Crippen MR) is 68.3 cm³/mol. The van der Waals surface area contributed by atoms with E-state index in [0.717, 1.165) is 6.61 Å². The minimum atomic E-state index is 0.614. The molecule has 2 rings (SSSR count). The predicted octanol–water partition coefficient (Wildman–Crippen LogP) is 2.87. The van der Waals surface area contributed by atoms with Crippen molar-refractivity contribution < 1.29 is 4.74 Å². The molecule has 0 aromatic carbocycles. The van der Waals surface area contributed by atoms with Crippen molar-refractivity contribution in [1.82, 2.24) is 9.97 Å².